The van der Waals surface area contributed by atoms with Gasteiger partial charge in [0.05, 0.1) is 6.04 Å². The third kappa shape index (κ3) is 3.48. The Morgan fingerprint density at radius 1 is 1.15 bits per heavy atom. The summed E-state index contributed by atoms with van der Waals surface area (Å²) in [5, 5.41) is 3.62. The van der Waals surface area contributed by atoms with Crippen molar-refractivity contribution in [3.8, 4) is 0 Å². The van der Waals surface area contributed by atoms with Crippen molar-refractivity contribution in [2.45, 2.75) is 46.2 Å². The Kier molecular flexibility index (Phi) is 5.36. The van der Waals surface area contributed by atoms with Gasteiger partial charge in [0.15, 0.2) is 0 Å². The van der Waals surface area contributed by atoms with Crippen LogP contribution in [0.4, 0.5) is 0 Å². The van der Waals surface area contributed by atoms with E-state index < -0.39 is 0 Å². The van der Waals surface area contributed by atoms with E-state index in [4.69, 9.17) is 0 Å². The summed E-state index contributed by atoms with van der Waals surface area (Å²) < 4.78 is 2.26. The second-order valence-corrected chi connectivity index (χ2v) is 5.28. The summed E-state index contributed by atoms with van der Waals surface area (Å²) in [6, 6.07) is 8.92. The van der Waals surface area contributed by atoms with Crippen LogP contribution in [0, 0.1) is 6.92 Å². The van der Waals surface area contributed by atoms with Gasteiger partial charge in [-0.05, 0) is 31.9 Å². The molecule has 0 aliphatic heterocycles. The smallest absolute Gasteiger partial charge is 0.130 e. The van der Waals surface area contributed by atoms with Gasteiger partial charge in [0.25, 0.3) is 0 Å². The Balaban J connectivity index is 2.31. The van der Waals surface area contributed by atoms with E-state index in [0.29, 0.717) is 0 Å². The molecule has 0 spiro atoms. The number of aryl methyl sites for hydroxylation is 2. The van der Waals surface area contributed by atoms with Crippen molar-refractivity contribution in [3.63, 3.8) is 0 Å². The molecule has 3 heteroatoms. The van der Waals surface area contributed by atoms with Crippen molar-refractivity contribution >= 4 is 0 Å². The molecule has 108 valence electrons. The van der Waals surface area contributed by atoms with Crippen LogP contribution in [0.5, 0.6) is 0 Å². The zero-order valence-corrected chi connectivity index (χ0v) is 12.8. The quantitative estimate of drug-likeness (QED) is 0.832. The molecule has 1 atom stereocenters. The summed E-state index contributed by atoms with van der Waals surface area (Å²) in [6.07, 6.45) is 6.22. The number of benzene rings is 1. The van der Waals surface area contributed by atoms with E-state index >= 15 is 0 Å². The number of hydrogen-bond acceptors (Lipinski definition) is 2. The zero-order chi connectivity index (χ0) is 14.4. The first-order valence-corrected chi connectivity index (χ1v) is 7.57. The highest BCUT2D eigenvalue weighted by Crippen LogP contribution is 2.21. The van der Waals surface area contributed by atoms with Crippen LogP contribution in [-0.2, 0) is 6.54 Å². The van der Waals surface area contributed by atoms with Gasteiger partial charge in [-0.1, -0.05) is 43.7 Å². The maximum atomic E-state index is 4.59. The zero-order valence-electron chi connectivity index (χ0n) is 12.8. The van der Waals surface area contributed by atoms with Crippen LogP contribution in [0.3, 0.4) is 0 Å². The Morgan fingerprint density at radius 3 is 2.55 bits per heavy atom. The van der Waals surface area contributed by atoms with Crippen LogP contribution in [-0.4, -0.2) is 16.1 Å². The molecule has 2 rings (SSSR count). The molecular weight excluding hydrogens is 246 g/mol. The number of nitrogens with one attached hydrogen (secondary N) is 1. The van der Waals surface area contributed by atoms with E-state index in [1.807, 2.05) is 6.20 Å². The van der Waals surface area contributed by atoms with Crippen LogP contribution in [0.15, 0.2) is 36.7 Å². The largest absolute Gasteiger partial charge is 0.333 e. The molecule has 0 radical (unpaired) electrons. The minimum atomic E-state index is 0.178. The predicted molar refractivity (Wildman–Crippen MR) is 83.8 cm³/mol. The summed E-state index contributed by atoms with van der Waals surface area (Å²) >= 11 is 0. The average Bonchev–Trinajstić information content (AvgIpc) is 2.90. The summed E-state index contributed by atoms with van der Waals surface area (Å²) in [4.78, 5) is 4.59. The standard InChI is InChI=1S/C17H25N3/c1-4-10-18-16(15-8-6-14(3)7-9-15)17-19-11-13-20(17)12-5-2/h6-9,11,13,16,18H,4-5,10,12H2,1-3H3. The van der Waals surface area contributed by atoms with Crippen molar-refractivity contribution in [1.82, 2.24) is 14.9 Å². The molecule has 0 fully saturated rings. The highest BCUT2D eigenvalue weighted by Gasteiger charge is 2.18. The Hall–Kier alpha value is -1.61. The van der Waals surface area contributed by atoms with Crippen molar-refractivity contribution in [2.75, 3.05) is 6.54 Å². The summed E-state index contributed by atoms with van der Waals surface area (Å²) in [5.41, 5.74) is 2.58. The maximum absolute atomic E-state index is 4.59. The number of hydrogen-bond donors (Lipinski definition) is 1. The molecule has 1 unspecified atom stereocenters. The third-order valence-electron chi connectivity index (χ3n) is 3.48. The monoisotopic (exact) mass is 271 g/mol. The van der Waals surface area contributed by atoms with Gasteiger partial charge in [-0.25, -0.2) is 4.98 Å². The number of nitrogens with zero attached hydrogens (tertiary/aromatic N) is 2. The van der Waals surface area contributed by atoms with E-state index in [1.165, 1.54) is 11.1 Å². The fourth-order valence-corrected chi connectivity index (χ4v) is 2.42. The van der Waals surface area contributed by atoms with Gasteiger partial charge in [-0.3, -0.25) is 0 Å². The van der Waals surface area contributed by atoms with E-state index in [-0.39, 0.29) is 6.04 Å². The fraction of sp³-hybridized carbons (Fsp3) is 0.471. The van der Waals surface area contributed by atoms with E-state index in [0.717, 1.165) is 31.8 Å². The Morgan fingerprint density at radius 2 is 1.90 bits per heavy atom. The molecule has 1 heterocycles. The molecule has 0 saturated heterocycles. The summed E-state index contributed by atoms with van der Waals surface area (Å²) in [5.74, 6) is 1.11. The molecular formula is C17H25N3. The lowest BCUT2D eigenvalue weighted by atomic mass is 10.0. The minimum Gasteiger partial charge on any atom is -0.333 e. The van der Waals surface area contributed by atoms with Crippen molar-refractivity contribution in [2.24, 2.45) is 0 Å². The molecule has 2 aromatic rings. The lowest BCUT2D eigenvalue weighted by molar-refractivity contribution is 0.530. The third-order valence-corrected chi connectivity index (χ3v) is 3.48. The first kappa shape index (κ1) is 14.8. The van der Waals surface area contributed by atoms with Gasteiger partial charge < -0.3 is 9.88 Å². The molecule has 0 aliphatic carbocycles. The SMILES string of the molecule is CCCNC(c1ccc(C)cc1)c1nccn1CCC. The lowest BCUT2D eigenvalue weighted by Gasteiger charge is -2.20. The van der Waals surface area contributed by atoms with E-state index in [1.54, 1.807) is 0 Å². The second kappa shape index (κ2) is 7.25. The molecule has 1 aromatic heterocycles. The van der Waals surface area contributed by atoms with E-state index in [2.05, 4.69) is 66.1 Å². The second-order valence-electron chi connectivity index (χ2n) is 5.28. The van der Waals surface area contributed by atoms with Crippen LogP contribution < -0.4 is 5.32 Å². The van der Waals surface area contributed by atoms with Crippen LogP contribution >= 0.6 is 0 Å². The number of aromatic nitrogens is 2. The average molecular weight is 271 g/mol. The molecule has 1 aromatic carbocycles. The number of imidazole rings is 1. The highest BCUT2D eigenvalue weighted by molar-refractivity contribution is 5.28. The highest BCUT2D eigenvalue weighted by atomic mass is 15.1. The van der Waals surface area contributed by atoms with Crippen LogP contribution in [0.25, 0.3) is 0 Å². The van der Waals surface area contributed by atoms with Gasteiger partial charge >= 0.3 is 0 Å². The van der Waals surface area contributed by atoms with Gasteiger partial charge in [0, 0.05) is 18.9 Å². The van der Waals surface area contributed by atoms with Gasteiger partial charge in [-0.2, -0.15) is 0 Å². The lowest BCUT2D eigenvalue weighted by Crippen LogP contribution is -2.26. The molecule has 3 nitrogen and oxygen atoms in total. The van der Waals surface area contributed by atoms with Gasteiger partial charge in [0.1, 0.15) is 5.82 Å². The molecule has 1 N–H and O–H groups in total. The van der Waals surface area contributed by atoms with Crippen molar-refractivity contribution in [3.05, 3.63) is 53.6 Å². The molecule has 20 heavy (non-hydrogen) atoms. The van der Waals surface area contributed by atoms with E-state index in [9.17, 15) is 0 Å². The summed E-state index contributed by atoms with van der Waals surface area (Å²) in [6.45, 7) is 8.53. The van der Waals surface area contributed by atoms with Gasteiger partial charge in [0.2, 0.25) is 0 Å². The van der Waals surface area contributed by atoms with Crippen LogP contribution in [0.2, 0.25) is 0 Å². The maximum Gasteiger partial charge on any atom is 0.130 e. The Labute approximate surface area is 122 Å². The van der Waals surface area contributed by atoms with Crippen LogP contribution in [0.1, 0.15) is 49.7 Å². The van der Waals surface area contributed by atoms with Gasteiger partial charge in [-0.15, -0.1) is 0 Å². The Bertz CT molecular complexity index is 513. The van der Waals surface area contributed by atoms with Crippen molar-refractivity contribution < 1.29 is 0 Å². The molecule has 0 bridgehead atoms. The topological polar surface area (TPSA) is 29.9 Å². The normalized spacial score (nSPS) is 12.6. The van der Waals surface area contributed by atoms with Crippen molar-refractivity contribution in [1.29, 1.82) is 0 Å². The first-order valence-electron chi connectivity index (χ1n) is 7.57. The molecule has 0 amide bonds. The predicted octanol–water partition coefficient (Wildman–Crippen LogP) is 3.69. The number of rotatable bonds is 7. The fourth-order valence-electron chi connectivity index (χ4n) is 2.42. The molecule has 0 saturated carbocycles. The first-order chi connectivity index (χ1) is 9.76. The molecule has 0 aliphatic rings. The summed E-state index contributed by atoms with van der Waals surface area (Å²) in [7, 11) is 0. The minimum absolute atomic E-state index is 0.178.